The van der Waals surface area contributed by atoms with Crippen LogP contribution in [0, 0.1) is 10.1 Å². The fourth-order valence-electron chi connectivity index (χ4n) is 2.43. The van der Waals surface area contributed by atoms with E-state index in [2.05, 4.69) is 5.32 Å². The van der Waals surface area contributed by atoms with Gasteiger partial charge in [-0.2, -0.15) is 0 Å². The van der Waals surface area contributed by atoms with E-state index in [0.717, 1.165) is 24.6 Å². The van der Waals surface area contributed by atoms with E-state index in [9.17, 15) is 24.5 Å². The predicted octanol–water partition coefficient (Wildman–Crippen LogP) is 1.72. The Morgan fingerprint density at radius 3 is 2.62 bits per heavy atom. The van der Waals surface area contributed by atoms with E-state index < -0.39 is 28.5 Å². The van der Waals surface area contributed by atoms with E-state index >= 15 is 0 Å². The monoisotopic (exact) mass is 381 g/mol. The number of thioether (sulfide) groups is 1. The molecule has 0 aliphatic carbocycles. The maximum Gasteiger partial charge on any atom is 0.335 e. The molecule has 2 N–H and O–H groups in total. The van der Waals surface area contributed by atoms with Crippen LogP contribution >= 0.6 is 11.8 Å². The summed E-state index contributed by atoms with van der Waals surface area (Å²) in [5.41, 5.74) is -0.962. The van der Waals surface area contributed by atoms with Crippen molar-refractivity contribution in [3.63, 3.8) is 0 Å². The number of hydrogen-bond donors (Lipinski definition) is 2. The first-order valence-electron chi connectivity index (χ1n) is 7.96. The molecule has 1 aromatic rings. The average molecular weight is 381 g/mol. The van der Waals surface area contributed by atoms with Gasteiger partial charge in [0.1, 0.15) is 6.04 Å². The van der Waals surface area contributed by atoms with E-state index in [1.54, 1.807) is 0 Å². The van der Waals surface area contributed by atoms with Crippen LogP contribution in [0.4, 0.5) is 5.69 Å². The number of carboxylic acids is 1. The molecule has 2 atom stereocenters. The van der Waals surface area contributed by atoms with Crippen molar-refractivity contribution in [3.05, 3.63) is 39.4 Å². The van der Waals surface area contributed by atoms with Crippen molar-refractivity contribution in [2.24, 2.45) is 0 Å². The minimum Gasteiger partial charge on any atom is -0.478 e. The second-order valence-corrected chi connectivity index (χ2v) is 6.94. The number of carbonyl (C=O) groups is 3. The summed E-state index contributed by atoms with van der Waals surface area (Å²) in [6.07, 6.45) is 0.742. The zero-order valence-corrected chi connectivity index (χ0v) is 15.1. The summed E-state index contributed by atoms with van der Waals surface area (Å²) in [5.74, 6) is -1.60. The molecule has 1 aromatic carbocycles. The van der Waals surface area contributed by atoms with Gasteiger partial charge in [0.15, 0.2) is 0 Å². The van der Waals surface area contributed by atoms with Crippen molar-refractivity contribution < 1.29 is 24.4 Å². The third-order valence-electron chi connectivity index (χ3n) is 4.07. The molecular formula is C16H19N3O6S. The van der Waals surface area contributed by atoms with E-state index in [0.29, 0.717) is 5.75 Å². The van der Waals surface area contributed by atoms with E-state index in [1.807, 2.05) is 13.8 Å². The highest BCUT2D eigenvalue weighted by molar-refractivity contribution is 7.99. The Kier molecular flexibility index (Phi) is 6.19. The number of carbonyl (C=O) groups excluding carboxylic acids is 2. The Morgan fingerprint density at radius 2 is 2.04 bits per heavy atom. The van der Waals surface area contributed by atoms with Crippen molar-refractivity contribution in [1.82, 2.24) is 10.2 Å². The first-order chi connectivity index (χ1) is 12.2. The molecule has 1 fully saturated rings. The lowest BCUT2D eigenvalue weighted by atomic mass is 10.1. The van der Waals surface area contributed by atoms with Crippen LogP contribution in [0.5, 0.6) is 0 Å². The lowest BCUT2D eigenvalue weighted by molar-refractivity contribution is -0.384. The molecule has 0 bridgehead atoms. The highest BCUT2D eigenvalue weighted by Gasteiger charge is 2.36. The summed E-state index contributed by atoms with van der Waals surface area (Å²) < 4.78 is 0. The van der Waals surface area contributed by atoms with Gasteiger partial charge in [-0.05, 0) is 19.4 Å². The highest BCUT2D eigenvalue weighted by atomic mass is 32.2. The number of nitrogens with zero attached hydrogens (tertiary/aromatic N) is 2. The number of non-ortho nitro benzene ring substituents is 1. The van der Waals surface area contributed by atoms with E-state index in [1.165, 1.54) is 16.7 Å². The molecule has 1 heterocycles. The smallest absolute Gasteiger partial charge is 0.335 e. The van der Waals surface area contributed by atoms with Crippen molar-refractivity contribution in [1.29, 1.82) is 0 Å². The Bertz CT molecular complexity index is 721. The Hall–Kier alpha value is -2.62. The number of hydrogen-bond acceptors (Lipinski definition) is 6. The molecule has 2 rings (SSSR count). The maximum absolute atomic E-state index is 12.8. The molecule has 140 valence electrons. The molecule has 2 unspecified atom stereocenters. The van der Waals surface area contributed by atoms with Gasteiger partial charge < -0.3 is 15.3 Å². The van der Waals surface area contributed by atoms with Crippen LogP contribution in [0.3, 0.4) is 0 Å². The molecule has 10 heteroatoms. The van der Waals surface area contributed by atoms with Crippen molar-refractivity contribution in [2.75, 3.05) is 11.6 Å². The Morgan fingerprint density at radius 1 is 1.38 bits per heavy atom. The quantitative estimate of drug-likeness (QED) is 0.567. The number of aromatic carboxylic acids is 1. The number of nitrogens with one attached hydrogen (secondary N) is 1. The van der Waals surface area contributed by atoms with Gasteiger partial charge >= 0.3 is 5.97 Å². The summed E-state index contributed by atoms with van der Waals surface area (Å²) in [4.78, 5) is 47.9. The minimum atomic E-state index is -1.37. The molecule has 1 aliphatic rings. The Balaban J connectivity index is 2.30. The molecule has 1 saturated heterocycles. The second kappa shape index (κ2) is 8.17. The third-order valence-corrected chi connectivity index (χ3v) is 5.08. The van der Waals surface area contributed by atoms with Gasteiger partial charge in [-0.15, -0.1) is 11.8 Å². The number of amides is 2. The first-order valence-corrected chi connectivity index (χ1v) is 9.12. The number of nitro benzene ring substituents is 1. The summed E-state index contributed by atoms with van der Waals surface area (Å²) in [7, 11) is 0. The number of rotatable bonds is 6. The molecule has 1 aliphatic heterocycles. The minimum absolute atomic E-state index is 0.0403. The summed E-state index contributed by atoms with van der Waals surface area (Å²) in [6, 6.07) is 2.27. The number of benzene rings is 1. The van der Waals surface area contributed by atoms with Crippen LogP contribution in [0.1, 0.15) is 41.0 Å². The van der Waals surface area contributed by atoms with Crippen molar-refractivity contribution >= 4 is 35.2 Å². The summed E-state index contributed by atoms with van der Waals surface area (Å²) in [5, 5.41) is 23.0. The molecule has 0 radical (unpaired) electrons. The molecule has 0 aromatic heterocycles. The highest BCUT2D eigenvalue weighted by Crippen LogP contribution is 2.26. The topological polar surface area (TPSA) is 130 Å². The van der Waals surface area contributed by atoms with Crippen LogP contribution in [0.2, 0.25) is 0 Å². The van der Waals surface area contributed by atoms with Gasteiger partial charge in [-0.1, -0.05) is 6.92 Å². The van der Waals surface area contributed by atoms with Crippen LogP contribution in [-0.2, 0) is 4.79 Å². The number of nitro groups is 1. The van der Waals surface area contributed by atoms with Crippen LogP contribution in [0.15, 0.2) is 18.2 Å². The van der Waals surface area contributed by atoms with Gasteiger partial charge in [-0.3, -0.25) is 19.7 Å². The Labute approximate surface area is 153 Å². The van der Waals surface area contributed by atoms with Crippen LogP contribution in [0.25, 0.3) is 0 Å². The van der Waals surface area contributed by atoms with Crippen LogP contribution < -0.4 is 5.32 Å². The summed E-state index contributed by atoms with van der Waals surface area (Å²) in [6.45, 7) is 3.78. The van der Waals surface area contributed by atoms with Gasteiger partial charge in [0.05, 0.1) is 16.4 Å². The van der Waals surface area contributed by atoms with Gasteiger partial charge in [0, 0.05) is 29.5 Å². The molecule has 2 amide bonds. The zero-order chi connectivity index (χ0) is 19.4. The molecule has 9 nitrogen and oxygen atoms in total. The SMILES string of the molecule is CCC(C)NC(=O)C1CSCN1C(=O)c1cc(C(=O)O)cc([N+](=O)[O-])c1. The zero-order valence-electron chi connectivity index (χ0n) is 14.3. The largest absolute Gasteiger partial charge is 0.478 e. The van der Waals surface area contributed by atoms with Gasteiger partial charge in [0.25, 0.3) is 11.6 Å². The third kappa shape index (κ3) is 4.31. The van der Waals surface area contributed by atoms with E-state index in [4.69, 9.17) is 5.11 Å². The molecule has 0 saturated carbocycles. The normalized spacial score (nSPS) is 17.6. The van der Waals surface area contributed by atoms with Gasteiger partial charge in [-0.25, -0.2) is 4.79 Å². The summed E-state index contributed by atoms with van der Waals surface area (Å²) >= 11 is 1.39. The second-order valence-electron chi connectivity index (χ2n) is 5.94. The average Bonchev–Trinajstić information content (AvgIpc) is 3.10. The van der Waals surface area contributed by atoms with Gasteiger partial charge in [0.2, 0.25) is 5.91 Å². The number of carboxylic acid groups (broad SMARTS) is 1. The standard InChI is InChI=1S/C16H19N3O6S/c1-3-9(2)17-14(20)13-7-26-8-18(13)15(21)10-4-11(16(22)23)6-12(5-10)19(24)25/h4-6,9,13H,3,7-8H2,1-2H3,(H,17,20)(H,22,23). The predicted molar refractivity (Wildman–Crippen MR) is 95.2 cm³/mol. The fourth-order valence-corrected chi connectivity index (χ4v) is 3.58. The first kappa shape index (κ1) is 19.7. The lowest BCUT2D eigenvalue weighted by Gasteiger charge is -2.24. The maximum atomic E-state index is 12.8. The van der Waals surface area contributed by atoms with E-state index in [-0.39, 0.29) is 29.0 Å². The van der Waals surface area contributed by atoms with Crippen molar-refractivity contribution in [2.45, 2.75) is 32.4 Å². The molecule has 0 spiro atoms. The fraction of sp³-hybridized carbons (Fsp3) is 0.438. The van der Waals surface area contributed by atoms with Crippen molar-refractivity contribution in [3.8, 4) is 0 Å². The molecule has 26 heavy (non-hydrogen) atoms. The van der Waals surface area contributed by atoms with Crippen LogP contribution in [-0.4, -0.2) is 56.4 Å². The molecular weight excluding hydrogens is 362 g/mol. The lowest BCUT2D eigenvalue weighted by Crippen LogP contribution is -2.49.